The Morgan fingerprint density at radius 2 is 1.62 bits per heavy atom. The quantitative estimate of drug-likeness (QED) is 0.366. The number of dihydropyridines is 1. The number of nitrogens with one attached hydrogen (secondary N) is 1. The van der Waals surface area contributed by atoms with Gasteiger partial charge in [-0.15, -0.1) is 0 Å². The van der Waals surface area contributed by atoms with Crippen LogP contribution in [0.5, 0.6) is 23.0 Å². The predicted octanol–water partition coefficient (Wildman–Crippen LogP) is 6.03. The van der Waals surface area contributed by atoms with Gasteiger partial charge in [-0.05, 0) is 96.3 Å². The number of rotatable bonds is 7. The Morgan fingerprint density at radius 1 is 0.950 bits per heavy atom. The first kappa shape index (κ1) is 28.1. The number of hydrogen-bond acceptors (Lipinski definition) is 8. The number of halogens is 1. The summed E-state index contributed by atoms with van der Waals surface area (Å²) >= 11 is 3.42. The average molecular weight is 613 g/mol. The van der Waals surface area contributed by atoms with Crippen molar-refractivity contribution in [2.24, 2.45) is 0 Å². The van der Waals surface area contributed by atoms with E-state index in [-0.39, 0.29) is 35.7 Å². The molecule has 40 heavy (non-hydrogen) atoms. The van der Waals surface area contributed by atoms with E-state index in [4.69, 9.17) is 18.9 Å². The van der Waals surface area contributed by atoms with Crippen molar-refractivity contribution in [3.8, 4) is 23.0 Å². The van der Waals surface area contributed by atoms with Crippen molar-refractivity contribution in [3.05, 3.63) is 68.5 Å². The highest BCUT2D eigenvalue weighted by molar-refractivity contribution is 9.10. The second kappa shape index (κ2) is 11.6. The molecule has 0 radical (unpaired) electrons. The normalized spacial score (nSPS) is 21.2. The van der Waals surface area contributed by atoms with Crippen molar-refractivity contribution < 1.29 is 33.6 Å². The lowest BCUT2D eigenvalue weighted by atomic mass is 9.71. The summed E-state index contributed by atoms with van der Waals surface area (Å²) in [5.74, 6) is 0.198. The third-order valence-electron chi connectivity index (χ3n) is 8.11. The summed E-state index contributed by atoms with van der Waals surface area (Å²) < 4.78 is 22.7. The number of ketones is 1. The fourth-order valence-corrected chi connectivity index (χ4v) is 6.58. The van der Waals surface area contributed by atoms with Gasteiger partial charge in [0.05, 0.1) is 31.4 Å². The van der Waals surface area contributed by atoms with Gasteiger partial charge < -0.3 is 29.4 Å². The summed E-state index contributed by atoms with van der Waals surface area (Å²) in [5, 5.41) is 13.9. The molecule has 2 aliphatic carbocycles. The number of benzene rings is 2. The Morgan fingerprint density at radius 3 is 2.30 bits per heavy atom. The van der Waals surface area contributed by atoms with Gasteiger partial charge in [-0.1, -0.05) is 6.07 Å². The summed E-state index contributed by atoms with van der Waals surface area (Å²) in [5.41, 5.74) is 4.00. The fraction of sp³-hybridized carbons (Fsp3) is 0.419. The van der Waals surface area contributed by atoms with Crippen molar-refractivity contribution in [3.63, 3.8) is 0 Å². The summed E-state index contributed by atoms with van der Waals surface area (Å²) in [7, 11) is 4.64. The number of phenols is 1. The van der Waals surface area contributed by atoms with E-state index in [9.17, 15) is 14.7 Å². The van der Waals surface area contributed by atoms with Crippen LogP contribution in [0.25, 0.3) is 0 Å². The molecule has 2 aromatic rings. The van der Waals surface area contributed by atoms with E-state index in [2.05, 4.69) is 21.2 Å². The fourth-order valence-electron chi connectivity index (χ4n) is 6.12. The number of Topliss-reactive ketones (excluding diaryl/α,β-unsaturated/α-hetero) is 1. The van der Waals surface area contributed by atoms with E-state index < -0.39 is 11.9 Å². The molecule has 2 aromatic carbocycles. The summed E-state index contributed by atoms with van der Waals surface area (Å²) in [4.78, 5) is 27.7. The molecule has 1 aliphatic heterocycles. The molecular formula is C31H34BrNO7. The van der Waals surface area contributed by atoms with Crippen molar-refractivity contribution in [2.75, 3.05) is 21.3 Å². The van der Waals surface area contributed by atoms with Crippen LogP contribution in [0, 0.1) is 0 Å². The molecule has 0 unspecified atom stereocenters. The third-order valence-corrected chi connectivity index (χ3v) is 8.71. The summed E-state index contributed by atoms with van der Waals surface area (Å²) in [6.45, 7) is 1.85. The maximum absolute atomic E-state index is 14.0. The van der Waals surface area contributed by atoms with Crippen LogP contribution in [0.1, 0.15) is 68.4 Å². The van der Waals surface area contributed by atoms with E-state index in [1.165, 1.54) is 7.11 Å². The molecular weight excluding hydrogens is 578 g/mol. The molecule has 212 valence electrons. The maximum atomic E-state index is 14.0. The minimum absolute atomic E-state index is 0.0475. The van der Waals surface area contributed by atoms with Crippen LogP contribution in [0.3, 0.4) is 0 Å². The molecule has 5 rings (SSSR count). The number of allylic oxidation sites excluding steroid dienone is 3. The van der Waals surface area contributed by atoms with Crippen molar-refractivity contribution in [1.82, 2.24) is 5.32 Å². The zero-order chi connectivity index (χ0) is 28.6. The van der Waals surface area contributed by atoms with Gasteiger partial charge in [0, 0.05) is 29.3 Å². The smallest absolute Gasteiger partial charge is 0.337 e. The average Bonchev–Trinajstić information content (AvgIpc) is 3.46. The highest BCUT2D eigenvalue weighted by Crippen LogP contribution is 2.49. The molecule has 0 amide bonds. The summed E-state index contributed by atoms with van der Waals surface area (Å²) in [6.07, 6.45) is 4.47. The van der Waals surface area contributed by atoms with Crippen LogP contribution >= 0.6 is 15.9 Å². The second-order valence-corrected chi connectivity index (χ2v) is 11.4. The van der Waals surface area contributed by atoms with Crippen molar-refractivity contribution >= 4 is 27.7 Å². The molecule has 3 aliphatic rings. The predicted molar refractivity (Wildman–Crippen MR) is 153 cm³/mol. The minimum Gasteiger partial charge on any atom is -0.503 e. The van der Waals surface area contributed by atoms with E-state index in [0.717, 1.165) is 36.9 Å². The van der Waals surface area contributed by atoms with Gasteiger partial charge in [0.25, 0.3) is 0 Å². The number of phenolic OH excluding ortho intramolecular Hbond substituents is 1. The number of aromatic hydroxyl groups is 1. The topological polar surface area (TPSA) is 103 Å². The Balaban J connectivity index is 1.58. The molecule has 1 fully saturated rings. The minimum atomic E-state index is -0.671. The second-order valence-electron chi connectivity index (χ2n) is 10.5. The zero-order valence-electron chi connectivity index (χ0n) is 23.1. The van der Waals surface area contributed by atoms with Gasteiger partial charge in [0.2, 0.25) is 0 Å². The van der Waals surface area contributed by atoms with Gasteiger partial charge in [-0.3, -0.25) is 4.79 Å². The first-order valence-corrected chi connectivity index (χ1v) is 14.3. The first-order valence-electron chi connectivity index (χ1n) is 13.5. The Bertz CT molecular complexity index is 1410. The molecule has 8 nitrogen and oxygen atoms in total. The monoisotopic (exact) mass is 611 g/mol. The van der Waals surface area contributed by atoms with E-state index in [1.807, 2.05) is 25.1 Å². The van der Waals surface area contributed by atoms with Crippen LogP contribution in [0.2, 0.25) is 0 Å². The lowest BCUT2D eigenvalue weighted by molar-refractivity contribution is -0.144. The number of carbonyl (C=O) groups is 2. The largest absolute Gasteiger partial charge is 0.503 e. The molecule has 9 heteroatoms. The number of hydrogen-bond donors (Lipinski definition) is 2. The molecule has 1 heterocycles. The first-order chi connectivity index (χ1) is 19.2. The molecule has 1 saturated carbocycles. The zero-order valence-corrected chi connectivity index (χ0v) is 24.7. The number of esters is 1. The summed E-state index contributed by atoms with van der Waals surface area (Å²) in [6, 6.07) is 9.15. The van der Waals surface area contributed by atoms with Crippen LogP contribution in [0.15, 0.2) is 57.3 Å². The SMILES string of the molecule is COc1ccc([C@H]2CC(=O)C3=C(C2)NC(C)=C(C(=O)OC2CCCC2)[C@H]3c2cc(Br)c(O)c(OC)c2)cc1OC. The molecule has 0 aromatic heterocycles. The van der Waals surface area contributed by atoms with Crippen LogP contribution in [-0.4, -0.2) is 44.3 Å². The van der Waals surface area contributed by atoms with E-state index in [0.29, 0.717) is 44.8 Å². The number of carbonyl (C=O) groups excluding carboxylic acids is 2. The van der Waals surface area contributed by atoms with Gasteiger partial charge >= 0.3 is 5.97 Å². The highest BCUT2D eigenvalue weighted by Gasteiger charge is 2.42. The Kier molecular flexibility index (Phi) is 8.12. The Labute approximate surface area is 242 Å². The van der Waals surface area contributed by atoms with E-state index in [1.54, 1.807) is 26.4 Å². The molecule has 2 atom stereocenters. The molecule has 0 spiro atoms. The standard InChI is InChI=1S/C31H34BrNO7/c1-16-27(31(36)40-20-7-5-6-8-20)28(19-11-21(32)30(35)26(15-19)39-4)29-22(33-16)12-18(13-23(29)34)17-9-10-24(37-2)25(14-17)38-3/h9-11,14-15,18,20,28,33,35H,5-8,12-13H2,1-4H3/t18-,28-/m1/s1. The van der Waals surface area contributed by atoms with Gasteiger partial charge in [0.15, 0.2) is 28.8 Å². The van der Waals surface area contributed by atoms with Gasteiger partial charge in [0.1, 0.15) is 6.10 Å². The van der Waals surface area contributed by atoms with Crippen molar-refractivity contribution in [1.29, 1.82) is 0 Å². The maximum Gasteiger partial charge on any atom is 0.337 e. The van der Waals surface area contributed by atoms with Crippen LogP contribution in [0.4, 0.5) is 0 Å². The lowest BCUT2D eigenvalue weighted by Gasteiger charge is -2.37. The Hall–Kier alpha value is -3.46. The third kappa shape index (κ3) is 5.19. The van der Waals surface area contributed by atoms with Gasteiger partial charge in [-0.2, -0.15) is 0 Å². The van der Waals surface area contributed by atoms with Crippen LogP contribution in [-0.2, 0) is 14.3 Å². The molecule has 0 bridgehead atoms. The number of ether oxygens (including phenoxy) is 4. The van der Waals surface area contributed by atoms with E-state index >= 15 is 0 Å². The lowest BCUT2D eigenvalue weighted by Crippen LogP contribution is -2.36. The van der Waals surface area contributed by atoms with Crippen molar-refractivity contribution in [2.45, 2.75) is 63.4 Å². The molecule has 0 saturated heterocycles. The van der Waals surface area contributed by atoms with Gasteiger partial charge in [-0.25, -0.2) is 4.79 Å². The number of methoxy groups -OCH3 is 3. The molecule has 2 N–H and O–H groups in total. The van der Waals surface area contributed by atoms with Crippen LogP contribution < -0.4 is 19.5 Å². The highest BCUT2D eigenvalue weighted by atomic mass is 79.9.